The highest BCUT2D eigenvalue weighted by atomic mass is 32.2. The number of piperazine rings is 1. The Morgan fingerprint density at radius 2 is 2.13 bits per heavy atom. The first-order valence-electron chi connectivity index (χ1n) is 7.39. The molecule has 3 rings (SSSR count). The van der Waals surface area contributed by atoms with Gasteiger partial charge in [0.25, 0.3) is 0 Å². The van der Waals surface area contributed by atoms with Crippen LogP contribution in [-0.2, 0) is 10.0 Å². The van der Waals surface area contributed by atoms with Crippen molar-refractivity contribution in [3.8, 4) is 0 Å². The number of aryl methyl sites for hydroxylation is 1. The van der Waals surface area contributed by atoms with E-state index in [1.165, 1.54) is 22.6 Å². The Labute approximate surface area is 135 Å². The van der Waals surface area contributed by atoms with Crippen molar-refractivity contribution >= 4 is 10.0 Å². The van der Waals surface area contributed by atoms with Gasteiger partial charge in [0.2, 0.25) is 10.0 Å². The second-order valence-corrected chi connectivity index (χ2v) is 7.42. The number of benzene rings is 1. The molecule has 122 valence electrons. The van der Waals surface area contributed by atoms with Crippen molar-refractivity contribution in [2.75, 3.05) is 19.6 Å². The molecule has 2 heterocycles. The lowest BCUT2D eigenvalue weighted by Gasteiger charge is -2.35. The van der Waals surface area contributed by atoms with Gasteiger partial charge in [-0.3, -0.25) is 4.98 Å². The topological polar surface area (TPSA) is 62.3 Å². The van der Waals surface area contributed by atoms with Crippen LogP contribution in [0.1, 0.15) is 17.3 Å². The Morgan fingerprint density at radius 3 is 2.83 bits per heavy atom. The third-order valence-electron chi connectivity index (χ3n) is 3.92. The van der Waals surface area contributed by atoms with Crippen LogP contribution in [0.2, 0.25) is 0 Å². The average Bonchev–Trinajstić information content (AvgIpc) is 2.55. The smallest absolute Gasteiger partial charge is 0.245 e. The van der Waals surface area contributed by atoms with Crippen molar-refractivity contribution in [3.63, 3.8) is 0 Å². The number of halogens is 1. The molecule has 0 spiro atoms. The fourth-order valence-corrected chi connectivity index (χ4v) is 4.27. The summed E-state index contributed by atoms with van der Waals surface area (Å²) in [5.41, 5.74) is 1.40. The molecule has 0 bridgehead atoms. The highest BCUT2D eigenvalue weighted by Crippen LogP contribution is 2.29. The van der Waals surface area contributed by atoms with E-state index in [9.17, 15) is 12.8 Å². The van der Waals surface area contributed by atoms with Gasteiger partial charge in [0.05, 0.1) is 6.04 Å². The molecule has 0 aliphatic carbocycles. The van der Waals surface area contributed by atoms with E-state index in [4.69, 9.17) is 0 Å². The van der Waals surface area contributed by atoms with Crippen molar-refractivity contribution < 1.29 is 12.8 Å². The van der Waals surface area contributed by atoms with Gasteiger partial charge in [-0.25, -0.2) is 12.8 Å². The van der Waals surface area contributed by atoms with Gasteiger partial charge in [-0.05, 0) is 36.8 Å². The summed E-state index contributed by atoms with van der Waals surface area (Å²) in [4.78, 5) is 4.23. The van der Waals surface area contributed by atoms with Crippen molar-refractivity contribution in [2.24, 2.45) is 0 Å². The first-order chi connectivity index (χ1) is 11.0. The summed E-state index contributed by atoms with van der Waals surface area (Å²) in [6, 6.07) is 8.87. The van der Waals surface area contributed by atoms with Gasteiger partial charge in [-0.1, -0.05) is 12.1 Å². The third kappa shape index (κ3) is 3.26. The molecule has 1 aromatic carbocycles. The van der Waals surface area contributed by atoms with Crippen LogP contribution in [0.5, 0.6) is 0 Å². The molecule has 1 aliphatic heterocycles. The van der Waals surface area contributed by atoms with Crippen LogP contribution in [0.4, 0.5) is 4.39 Å². The number of pyridine rings is 1. The standard InChI is InChI=1S/C16H18FN3O2S/c1-12-5-6-15(10-19-12)23(21,22)20-8-7-18-11-16(20)13-3-2-4-14(17)9-13/h2-6,9-10,16,18H,7-8,11H2,1H3. The number of rotatable bonds is 3. The summed E-state index contributed by atoms with van der Waals surface area (Å²) in [5.74, 6) is -0.373. The van der Waals surface area contributed by atoms with Crippen molar-refractivity contribution in [1.82, 2.24) is 14.6 Å². The lowest BCUT2D eigenvalue weighted by molar-refractivity contribution is 0.271. The summed E-state index contributed by atoms with van der Waals surface area (Å²) in [5, 5.41) is 3.17. The maximum atomic E-state index is 13.5. The van der Waals surface area contributed by atoms with Gasteiger partial charge >= 0.3 is 0 Å². The molecule has 1 saturated heterocycles. The van der Waals surface area contributed by atoms with Gasteiger partial charge < -0.3 is 5.32 Å². The zero-order chi connectivity index (χ0) is 16.4. The minimum Gasteiger partial charge on any atom is -0.313 e. The largest absolute Gasteiger partial charge is 0.313 e. The Bertz CT molecular complexity index is 793. The zero-order valence-electron chi connectivity index (χ0n) is 12.7. The highest BCUT2D eigenvalue weighted by Gasteiger charge is 2.34. The van der Waals surface area contributed by atoms with E-state index in [-0.39, 0.29) is 10.7 Å². The van der Waals surface area contributed by atoms with Crippen LogP contribution >= 0.6 is 0 Å². The Kier molecular flexibility index (Phi) is 4.43. The fraction of sp³-hybridized carbons (Fsp3) is 0.312. The van der Waals surface area contributed by atoms with Gasteiger partial charge in [-0.15, -0.1) is 0 Å². The van der Waals surface area contributed by atoms with Crippen LogP contribution in [0.3, 0.4) is 0 Å². The molecule has 2 aromatic rings. The SMILES string of the molecule is Cc1ccc(S(=O)(=O)N2CCNCC2c2cccc(F)c2)cn1. The Morgan fingerprint density at radius 1 is 1.30 bits per heavy atom. The van der Waals surface area contributed by atoms with Crippen molar-refractivity contribution in [2.45, 2.75) is 17.9 Å². The molecule has 1 N–H and O–H groups in total. The molecule has 0 amide bonds. The number of aromatic nitrogens is 1. The number of nitrogens with one attached hydrogen (secondary N) is 1. The van der Waals surface area contributed by atoms with E-state index in [0.29, 0.717) is 25.2 Å². The number of hydrogen-bond acceptors (Lipinski definition) is 4. The molecule has 0 radical (unpaired) electrons. The Balaban J connectivity index is 1.99. The van der Waals surface area contributed by atoms with E-state index in [0.717, 1.165) is 5.69 Å². The summed E-state index contributed by atoms with van der Waals surface area (Å²) in [6.45, 7) is 3.14. The van der Waals surface area contributed by atoms with Crippen molar-refractivity contribution in [1.29, 1.82) is 0 Å². The first-order valence-corrected chi connectivity index (χ1v) is 8.83. The van der Waals surface area contributed by atoms with E-state index in [1.807, 2.05) is 0 Å². The third-order valence-corrected chi connectivity index (χ3v) is 5.81. The number of nitrogens with zero attached hydrogens (tertiary/aromatic N) is 2. The summed E-state index contributed by atoms with van der Waals surface area (Å²) >= 11 is 0. The molecule has 0 saturated carbocycles. The molecule has 23 heavy (non-hydrogen) atoms. The molecule has 1 atom stereocenters. The van der Waals surface area contributed by atoms with Crippen LogP contribution in [0, 0.1) is 12.7 Å². The first kappa shape index (κ1) is 16.0. The van der Waals surface area contributed by atoms with Gasteiger partial charge in [0, 0.05) is 31.5 Å². The van der Waals surface area contributed by atoms with Crippen LogP contribution in [-0.4, -0.2) is 37.3 Å². The highest BCUT2D eigenvalue weighted by molar-refractivity contribution is 7.89. The summed E-state index contributed by atoms with van der Waals surface area (Å²) < 4.78 is 40.8. The molecule has 1 aliphatic rings. The quantitative estimate of drug-likeness (QED) is 0.930. The maximum absolute atomic E-state index is 13.5. The second kappa shape index (κ2) is 6.35. The molecule has 1 fully saturated rings. The minimum absolute atomic E-state index is 0.159. The molecule has 5 nitrogen and oxygen atoms in total. The van der Waals surface area contributed by atoms with Crippen LogP contribution in [0.25, 0.3) is 0 Å². The lowest BCUT2D eigenvalue weighted by Crippen LogP contribution is -2.48. The predicted octanol–water partition coefficient (Wildman–Crippen LogP) is 1.86. The van der Waals surface area contributed by atoms with Crippen molar-refractivity contribution in [3.05, 3.63) is 59.7 Å². The minimum atomic E-state index is -3.68. The molecule has 1 aromatic heterocycles. The monoisotopic (exact) mass is 335 g/mol. The van der Waals surface area contributed by atoms with Gasteiger partial charge in [0.1, 0.15) is 10.7 Å². The molecular formula is C16H18FN3O2S. The van der Waals surface area contributed by atoms with E-state index >= 15 is 0 Å². The molecule has 7 heteroatoms. The maximum Gasteiger partial charge on any atom is 0.245 e. The lowest BCUT2D eigenvalue weighted by atomic mass is 10.1. The van der Waals surface area contributed by atoms with Gasteiger partial charge in [0.15, 0.2) is 0 Å². The average molecular weight is 335 g/mol. The molecular weight excluding hydrogens is 317 g/mol. The number of sulfonamides is 1. The zero-order valence-corrected chi connectivity index (χ0v) is 13.6. The van der Waals surface area contributed by atoms with Crippen LogP contribution in [0.15, 0.2) is 47.5 Å². The summed E-state index contributed by atoms with van der Waals surface area (Å²) in [7, 11) is -3.68. The number of hydrogen-bond donors (Lipinski definition) is 1. The van der Waals surface area contributed by atoms with E-state index in [1.54, 1.807) is 31.2 Å². The second-order valence-electron chi connectivity index (χ2n) is 5.53. The fourth-order valence-electron chi connectivity index (χ4n) is 2.71. The van der Waals surface area contributed by atoms with E-state index in [2.05, 4.69) is 10.3 Å². The molecule has 1 unspecified atom stereocenters. The predicted molar refractivity (Wildman–Crippen MR) is 84.9 cm³/mol. The summed E-state index contributed by atoms with van der Waals surface area (Å²) in [6.07, 6.45) is 1.37. The van der Waals surface area contributed by atoms with Gasteiger partial charge in [-0.2, -0.15) is 4.31 Å². The van der Waals surface area contributed by atoms with Crippen LogP contribution < -0.4 is 5.32 Å². The Hall–Kier alpha value is -1.83. The van der Waals surface area contributed by atoms with E-state index < -0.39 is 16.1 Å². The normalized spacial score (nSPS) is 19.7.